The van der Waals surface area contributed by atoms with E-state index in [2.05, 4.69) is 13.5 Å². The number of hydrogen-bond acceptors (Lipinski definition) is 12. The van der Waals surface area contributed by atoms with Gasteiger partial charge in [0.15, 0.2) is 12.6 Å². The van der Waals surface area contributed by atoms with E-state index in [1.165, 1.54) is 0 Å². The van der Waals surface area contributed by atoms with Crippen molar-refractivity contribution in [1.29, 1.82) is 0 Å². The largest absolute Gasteiger partial charge is 0.481 e. The minimum atomic E-state index is -1.76. The maximum Gasteiger partial charge on any atom is 0.309 e. The molecule has 4 saturated carbocycles. The molecule has 6 aliphatic rings. The van der Waals surface area contributed by atoms with Gasteiger partial charge in [0, 0.05) is 0 Å². The standard InChI is InChI=1S/C32H50O13/c1-15-11-31-9-5-18-29(2,7-4-8-30(18,3)28(40)41)19(31)6-10-32(15,14-31)45-27-25(23(38)21(36)17(13-34)43-27)44-26-24(39)22(37)20(35)16(12-33)42-26/h16-27,33-39H,1,4-14H2,2-3H3,(H,40,41)/t16-,17+,18+,19+,20+,21+,22-,23+,24+,25+,26+,27-,29-,30-,31-,32+/m1/s1. The van der Waals surface area contributed by atoms with Gasteiger partial charge < -0.3 is 59.8 Å². The number of aliphatic hydroxyl groups is 7. The molecule has 2 saturated heterocycles. The predicted molar refractivity (Wildman–Crippen MR) is 154 cm³/mol. The number of carboxylic acids is 1. The van der Waals surface area contributed by atoms with Gasteiger partial charge in [-0.25, -0.2) is 0 Å². The van der Waals surface area contributed by atoms with Crippen LogP contribution in [-0.2, 0) is 23.7 Å². The first-order valence-electron chi connectivity index (χ1n) is 16.3. The van der Waals surface area contributed by atoms with Crippen molar-refractivity contribution in [3.63, 3.8) is 0 Å². The first-order valence-corrected chi connectivity index (χ1v) is 16.3. The smallest absolute Gasteiger partial charge is 0.309 e. The maximum atomic E-state index is 12.5. The lowest BCUT2D eigenvalue weighted by molar-refractivity contribution is -0.378. The quantitative estimate of drug-likeness (QED) is 0.134. The van der Waals surface area contributed by atoms with Gasteiger partial charge in [0.1, 0.15) is 48.8 Å². The molecule has 0 aromatic heterocycles. The fourth-order valence-corrected chi connectivity index (χ4v) is 10.6. The van der Waals surface area contributed by atoms with Gasteiger partial charge in [-0.1, -0.05) is 19.9 Å². The molecule has 0 amide bonds. The van der Waals surface area contributed by atoms with Gasteiger partial charge in [0.2, 0.25) is 0 Å². The van der Waals surface area contributed by atoms with Crippen molar-refractivity contribution in [3.05, 3.63) is 12.2 Å². The van der Waals surface area contributed by atoms with Crippen LogP contribution in [0.1, 0.15) is 71.6 Å². The Balaban J connectivity index is 1.26. The van der Waals surface area contributed by atoms with Crippen LogP contribution < -0.4 is 0 Å². The molecular weight excluding hydrogens is 592 g/mol. The number of carboxylic acid groups (broad SMARTS) is 1. The molecule has 45 heavy (non-hydrogen) atoms. The second kappa shape index (κ2) is 11.7. The van der Waals surface area contributed by atoms with Crippen molar-refractivity contribution < 1.29 is 64.6 Å². The van der Waals surface area contributed by atoms with Crippen LogP contribution in [-0.4, -0.2) is 127 Å². The molecule has 13 nitrogen and oxygen atoms in total. The van der Waals surface area contributed by atoms with Gasteiger partial charge in [-0.2, -0.15) is 0 Å². The van der Waals surface area contributed by atoms with Crippen LogP contribution in [0.2, 0.25) is 0 Å². The Labute approximate surface area is 262 Å². The summed E-state index contributed by atoms with van der Waals surface area (Å²) in [5, 5.41) is 82.8. The fourth-order valence-electron chi connectivity index (χ4n) is 10.6. The first kappa shape index (κ1) is 33.7. The van der Waals surface area contributed by atoms with E-state index in [9.17, 15) is 45.6 Å². The summed E-state index contributed by atoms with van der Waals surface area (Å²) < 4.78 is 24.1. The molecule has 0 aromatic rings. The van der Waals surface area contributed by atoms with Crippen molar-refractivity contribution in [2.75, 3.05) is 13.2 Å². The molecule has 256 valence electrons. The number of ether oxygens (including phenoxy) is 4. The lowest BCUT2D eigenvalue weighted by Crippen LogP contribution is -2.65. The van der Waals surface area contributed by atoms with E-state index in [1.807, 2.05) is 6.92 Å². The Kier molecular flexibility index (Phi) is 8.77. The minimum Gasteiger partial charge on any atom is -0.481 e. The Hall–Kier alpha value is -1.23. The zero-order chi connectivity index (χ0) is 32.7. The van der Waals surface area contributed by atoms with Crippen molar-refractivity contribution in [3.8, 4) is 0 Å². The lowest BCUT2D eigenvalue weighted by atomic mass is 9.41. The Morgan fingerprint density at radius 2 is 1.47 bits per heavy atom. The molecule has 1 spiro atoms. The second-order valence-electron chi connectivity index (χ2n) is 15.2. The summed E-state index contributed by atoms with van der Waals surface area (Å²) in [6.07, 6.45) is -8.44. The minimum absolute atomic E-state index is 0.0640. The third-order valence-corrected chi connectivity index (χ3v) is 12.9. The normalized spacial score (nSPS) is 54.7. The predicted octanol–water partition coefficient (Wildman–Crippen LogP) is -0.197. The topological polar surface area (TPSA) is 216 Å². The second-order valence-corrected chi connectivity index (χ2v) is 15.2. The van der Waals surface area contributed by atoms with E-state index in [1.54, 1.807) is 0 Å². The van der Waals surface area contributed by atoms with Crippen LogP contribution in [0, 0.1) is 28.1 Å². The third-order valence-electron chi connectivity index (χ3n) is 12.9. The number of aliphatic carboxylic acids is 1. The summed E-state index contributed by atoms with van der Waals surface area (Å²) >= 11 is 0. The molecule has 0 aromatic carbocycles. The van der Waals surface area contributed by atoms with Crippen LogP contribution in [0.4, 0.5) is 0 Å². The summed E-state index contributed by atoms with van der Waals surface area (Å²) in [6, 6.07) is 0. The average molecular weight is 643 g/mol. The van der Waals surface area contributed by atoms with E-state index in [4.69, 9.17) is 18.9 Å². The Bertz CT molecular complexity index is 1150. The fraction of sp³-hybridized carbons (Fsp3) is 0.906. The lowest BCUT2D eigenvalue weighted by Gasteiger charge is -2.64. The monoisotopic (exact) mass is 642 g/mol. The molecule has 6 fully saturated rings. The van der Waals surface area contributed by atoms with Gasteiger partial charge >= 0.3 is 5.97 Å². The summed E-state index contributed by atoms with van der Waals surface area (Å²) in [5.41, 5.74) is -1.10. The van der Waals surface area contributed by atoms with Gasteiger partial charge in [0.05, 0.1) is 24.2 Å². The molecule has 8 N–H and O–H groups in total. The number of fused-ring (bicyclic) bond motifs is 3. The van der Waals surface area contributed by atoms with Crippen molar-refractivity contribution >= 4 is 5.97 Å². The highest BCUT2D eigenvalue weighted by Gasteiger charge is 2.69. The molecule has 0 unspecified atom stereocenters. The molecule has 16 atom stereocenters. The SMILES string of the molecule is C=C1C[C@@]23CC[C@H]4[C@@](C)(CCC[C@@]4(C)C(=O)O)[C@@H]2CC[C@]1(O[C@H]1O[C@@H](CO)[C@H](O)[C@H](O)[C@@H]1O[C@@H]1O[C@H](CO)[C@H](O)[C@@H](O)[C@@H]1O)C3. The molecule has 2 bridgehead atoms. The van der Waals surface area contributed by atoms with Crippen LogP contribution in [0.25, 0.3) is 0 Å². The summed E-state index contributed by atoms with van der Waals surface area (Å²) in [5.74, 6) is -0.392. The summed E-state index contributed by atoms with van der Waals surface area (Å²) in [4.78, 5) is 12.5. The number of rotatable bonds is 7. The summed E-state index contributed by atoms with van der Waals surface area (Å²) in [7, 11) is 0. The molecule has 2 aliphatic heterocycles. The Morgan fingerprint density at radius 1 is 0.844 bits per heavy atom. The van der Waals surface area contributed by atoms with Gasteiger partial charge in [-0.15, -0.1) is 0 Å². The number of carbonyl (C=O) groups is 1. The van der Waals surface area contributed by atoms with Crippen LogP contribution in [0.5, 0.6) is 0 Å². The molecular formula is C32H50O13. The van der Waals surface area contributed by atoms with E-state index in [0.717, 1.165) is 37.7 Å². The molecule has 13 heteroatoms. The summed E-state index contributed by atoms with van der Waals surface area (Å²) in [6.45, 7) is 7.33. The van der Waals surface area contributed by atoms with Crippen LogP contribution in [0.15, 0.2) is 12.2 Å². The van der Waals surface area contributed by atoms with E-state index >= 15 is 0 Å². The molecule has 4 aliphatic carbocycles. The molecule has 6 rings (SSSR count). The zero-order valence-corrected chi connectivity index (χ0v) is 26.0. The van der Waals surface area contributed by atoms with Crippen molar-refractivity contribution in [2.24, 2.45) is 28.1 Å². The van der Waals surface area contributed by atoms with Gasteiger partial charge in [0.25, 0.3) is 0 Å². The first-order chi connectivity index (χ1) is 21.2. The van der Waals surface area contributed by atoms with Crippen LogP contribution >= 0.6 is 0 Å². The van der Waals surface area contributed by atoms with Crippen molar-refractivity contribution in [1.82, 2.24) is 0 Å². The number of hydrogen-bond donors (Lipinski definition) is 8. The van der Waals surface area contributed by atoms with E-state index in [0.29, 0.717) is 25.7 Å². The molecule has 0 radical (unpaired) electrons. The van der Waals surface area contributed by atoms with E-state index < -0.39 is 91.6 Å². The molecule has 2 heterocycles. The number of aliphatic hydroxyl groups excluding tert-OH is 7. The average Bonchev–Trinajstić information content (AvgIpc) is 3.19. The van der Waals surface area contributed by atoms with Gasteiger partial charge in [-0.05, 0) is 86.5 Å². The highest BCUT2D eigenvalue weighted by Crippen LogP contribution is 2.73. The third kappa shape index (κ3) is 5.04. The zero-order valence-electron chi connectivity index (χ0n) is 26.0. The van der Waals surface area contributed by atoms with Gasteiger partial charge in [-0.3, -0.25) is 4.79 Å². The maximum absolute atomic E-state index is 12.5. The van der Waals surface area contributed by atoms with Crippen LogP contribution in [0.3, 0.4) is 0 Å². The Morgan fingerprint density at radius 3 is 2.11 bits per heavy atom. The van der Waals surface area contributed by atoms with E-state index in [-0.39, 0.29) is 22.7 Å². The van der Waals surface area contributed by atoms with Crippen molar-refractivity contribution in [2.45, 2.75) is 139 Å². The highest BCUT2D eigenvalue weighted by atomic mass is 16.8. The highest BCUT2D eigenvalue weighted by molar-refractivity contribution is 5.75.